The van der Waals surface area contributed by atoms with Crippen molar-refractivity contribution in [2.45, 2.75) is 18.4 Å². The summed E-state index contributed by atoms with van der Waals surface area (Å²) in [6.07, 6.45) is 1.61. The molecular formula is C14H19N3O2S. The molecule has 0 aliphatic heterocycles. The van der Waals surface area contributed by atoms with Gasteiger partial charge in [-0.3, -0.25) is 4.72 Å². The summed E-state index contributed by atoms with van der Waals surface area (Å²) in [6.45, 7) is 2.58. The van der Waals surface area contributed by atoms with Crippen molar-refractivity contribution in [3.8, 4) is 0 Å². The van der Waals surface area contributed by atoms with Crippen LogP contribution in [0.1, 0.15) is 11.3 Å². The van der Waals surface area contributed by atoms with Crippen LogP contribution in [0.25, 0.3) is 0 Å². The highest BCUT2D eigenvalue weighted by Crippen LogP contribution is 2.18. The third-order valence-electron chi connectivity index (χ3n) is 3.05. The molecule has 2 N–H and O–H groups in total. The largest absolute Gasteiger partial charge is 0.352 e. The number of hydrogen-bond donors (Lipinski definition) is 2. The monoisotopic (exact) mass is 293 g/mol. The van der Waals surface area contributed by atoms with Gasteiger partial charge < -0.3 is 9.88 Å². The normalized spacial score (nSPS) is 11.6. The summed E-state index contributed by atoms with van der Waals surface area (Å²) >= 11 is 0. The van der Waals surface area contributed by atoms with Crippen LogP contribution in [0, 0.1) is 6.92 Å². The van der Waals surface area contributed by atoms with Gasteiger partial charge in [-0.2, -0.15) is 0 Å². The van der Waals surface area contributed by atoms with Gasteiger partial charge in [0.15, 0.2) is 0 Å². The van der Waals surface area contributed by atoms with Gasteiger partial charge in [0.25, 0.3) is 10.0 Å². The summed E-state index contributed by atoms with van der Waals surface area (Å²) in [5.74, 6) is 0. The van der Waals surface area contributed by atoms with E-state index in [0.717, 1.165) is 11.3 Å². The van der Waals surface area contributed by atoms with Crippen molar-refractivity contribution in [3.05, 3.63) is 47.8 Å². The van der Waals surface area contributed by atoms with Crippen LogP contribution in [0.15, 0.2) is 41.4 Å². The fraction of sp³-hybridized carbons (Fsp3) is 0.286. The lowest BCUT2D eigenvalue weighted by Gasteiger charge is -2.06. The molecule has 1 heterocycles. The number of nitrogens with one attached hydrogen (secondary N) is 2. The van der Waals surface area contributed by atoms with E-state index in [4.69, 9.17) is 0 Å². The third-order valence-corrected chi connectivity index (χ3v) is 4.40. The Morgan fingerprint density at radius 2 is 1.85 bits per heavy atom. The van der Waals surface area contributed by atoms with E-state index in [1.54, 1.807) is 29.0 Å². The topological polar surface area (TPSA) is 63.1 Å². The molecule has 2 aromatic rings. The van der Waals surface area contributed by atoms with Crippen molar-refractivity contribution in [1.29, 1.82) is 0 Å². The van der Waals surface area contributed by atoms with E-state index < -0.39 is 10.0 Å². The molecule has 0 bridgehead atoms. The van der Waals surface area contributed by atoms with Gasteiger partial charge in [-0.25, -0.2) is 8.42 Å². The van der Waals surface area contributed by atoms with Crippen molar-refractivity contribution in [2.24, 2.45) is 7.05 Å². The highest BCUT2D eigenvalue weighted by molar-refractivity contribution is 7.92. The average Bonchev–Trinajstić information content (AvgIpc) is 2.75. The summed E-state index contributed by atoms with van der Waals surface area (Å²) in [4.78, 5) is 0.269. The lowest BCUT2D eigenvalue weighted by Crippen LogP contribution is -2.12. The first-order chi connectivity index (χ1) is 9.42. The standard InChI is InChI=1S/C14H19N3O2S/c1-11-4-6-12(7-5-11)16-20(18,19)14-8-13(9-15-2)17(3)10-14/h4-8,10,15-16H,9H2,1-3H3. The van der Waals surface area contributed by atoms with E-state index in [-0.39, 0.29) is 4.90 Å². The van der Waals surface area contributed by atoms with Crippen molar-refractivity contribution in [3.63, 3.8) is 0 Å². The molecule has 0 saturated heterocycles. The van der Waals surface area contributed by atoms with Gasteiger partial charge in [-0.15, -0.1) is 0 Å². The molecule has 0 atom stereocenters. The molecule has 2 rings (SSSR count). The molecule has 0 spiro atoms. The van der Waals surface area contributed by atoms with Gasteiger partial charge in [0, 0.05) is 31.2 Å². The van der Waals surface area contributed by atoms with Crippen molar-refractivity contribution in [1.82, 2.24) is 9.88 Å². The van der Waals surface area contributed by atoms with Crippen molar-refractivity contribution >= 4 is 15.7 Å². The Hall–Kier alpha value is -1.79. The van der Waals surface area contributed by atoms with Crippen molar-refractivity contribution < 1.29 is 8.42 Å². The minimum absolute atomic E-state index is 0.269. The smallest absolute Gasteiger partial charge is 0.263 e. The van der Waals surface area contributed by atoms with Gasteiger partial charge in [-0.1, -0.05) is 17.7 Å². The Labute approximate surface area is 119 Å². The number of aryl methyl sites for hydroxylation is 2. The van der Waals surface area contributed by atoms with E-state index in [1.165, 1.54) is 0 Å². The Kier molecular flexibility index (Phi) is 4.15. The van der Waals surface area contributed by atoms with Crippen molar-refractivity contribution in [2.75, 3.05) is 11.8 Å². The first kappa shape index (κ1) is 14.6. The number of anilines is 1. The number of rotatable bonds is 5. The first-order valence-electron chi connectivity index (χ1n) is 6.32. The molecule has 20 heavy (non-hydrogen) atoms. The molecule has 6 heteroatoms. The summed E-state index contributed by atoms with van der Waals surface area (Å²) < 4.78 is 29.0. The van der Waals surface area contributed by atoms with Crippen LogP contribution in [0.2, 0.25) is 0 Å². The van der Waals surface area contributed by atoms with Crippen LogP contribution in [-0.4, -0.2) is 20.0 Å². The minimum Gasteiger partial charge on any atom is -0.352 e. The fourth-order valence-corrected chi connectivity index (χ4v) is 3.07. The van der Waals surface area contributed by atoms with E-state index in [1.807, 2.05) is 33.2 Å². The van der Waals surface area contributed by atoms with Crippen LogP contribution in [-0.2, 0) is 23.6 Å². The van der Waals surface area contributed by atoms with Crippen LogP contribution < -0.4 is 10.0 Å². The molecule has 108 valence electrons. The first-order valence-corrected chi connectivity index (χ1v) is 7.80. The second kappa shape index (κ2) is 5.68. The number of nitrogens with zero attached hydrogens (tertiary/aromatic N) is 1. The zero-order chi connectivity index (χ0) is 14.8. The molecule has 1 aromatic heterocycles. The van der Waals surface area contributed by atoms with E-state index in [2.05, 4.69) is 10.0 Å². The Bertz CT molecular complexity index is 688. The second-order valence-electron chi connectivity index (χ2n) is 4.78. The minimum atomic E-state index is -3.54. The summed E-state index contributed by atoms with van der Waals surface area (Å²) in [6, 6.07) is 8.92. The quantitative estimate of drug-likeness (QED) is 0.884. The second-order valence-corrected chi connectivity index (χ2v) is 6.46. The fourth-order valence-electron chi connectivity index (χ4n) is 1.92. The average molecular weight is 293 g/mol. The van der Waals surface area contributed by atoms with Gasteiger partial charge in [0.2, 0.25) is 0 Å². The van der Waals surface area contributed by atoms with Crippen LogP contribution >= 0.6 is 0 Å². The summed E-state index contributed by atoms with van der Waals surface area (Å²) in [7, 11) is 0.111. The molecule has 1 aromatic carbocycles. The van der Waals surface area contributed by atoms with Gasteiger partial charge in [0.1, 0.15) is 4.90 Å². The molecule has 0 aliphatic carbocycles. The van der Waals surface area contributed by atoms with Crippen LogP contribution in [0.4, 0.5) is 5.69 Å². The van der Waals surface area contributed by atoms with Crippen LogP contribution in [0.5, 0.6) is 0 Å². The molecule has 0 unspecified atom stereocenters. The lowest BCUT2D eigenvalue weighted by molar-refractivity contribution is 0.601. The van der Waals surface area contributed by atoms with E-state index >= 15 is 0 Å². The molecular weight excluding hydrogens is 274 g/mol. The summed E-state index contributed by atoms with van der Waals surface area (Å²) in [5, 5.41) is 3.01. The lowest BCUT2D eigenvalue weighted by atomic mass is 10.2. The van der Waals surface area contributed by atoms with Gasteiger partial charge in [-0.05, 0) is 32.2 Å². The number of benzene rings is 1. The number of aromatic nitrogens is 1. The third kappa shape index (κ3) is 3.20. The molecule has 0 radical (unpaired) electrons. The Balaban J connectivity index is 2.26. The zero-order valence-corrected chi connectivity index (χ0v) is 12.7. The predicted octanol–water partition coefficient (Wildman–Crippen LogP) is 1.85. The highest BCUT2D eigenvalue weighted by Gasteiger charge is 2.17. The number of hydrogen-bond acceptors (Lipinski definition) is 3. The summed E-state index contributed by atoms with van der Waals surface area (Å²) in [5.41, 5.74) is 2.57. The SMILES string of the molecule is CNCc1cc(S(=O)(=O)Nc2ccc(C)cc2)cn1C. The number of sulfonamides is 1. The molecule has 0 amide bonds. The van der Waals surface area contributed by atoms with Gasteiger partial charge in [0.05, 0.1) is 0 Å². The van der Waals surface area contributed by atoms with E-state index in [9.17, 15) is 8.42 Å². The maximum absolute atomic E-state index is 12.3. The zero-order valence-electron chi connectivity index (χ0n) is 11.8. The highest BCUT2D eigenvalue weighted by atomic mass is 32.2. The van der Waals surface area contributed by atoms with E-state index in [0.29, 0.717) is 12.2 Å². The molecule has 0 saturated carbocycles. The van der Waals surface area contributed by atoms with Crippen LogP contribution in [0.3, 0.4) is 0 Å². The van der Waals surface area contributed by atoms with Gasteiger partial charge >= 0.3 is 0 Å². The molecule has 0 fully saturated rings. The Morgan fingerprint density at radius 1 is 1.20 bits per heavy atom. The maximum Gasteiger partial charge on any atom is 0.263 e. The maximum atomic E-state index is 12.3. The molecule has 0 aliphatic rings. The Morgan fingerprint density at radius 3 is 2.45 bits per heavy atom. The predicted molar refractivity (Wildman–Crippen MR) is 80.2 cm³/mol. The molecule has 5 nitrogen and oxygen atoms in total.